The molecular weight excluding hydrogens is 224 g/mol. The standard InChI is InChI=1S/C16H14O2/c1-12-7-9-14(10-8-12)15(11-16(17)18)13-5-3-2-4-6-13/h2-11H,1H3,(H,17,18). The largest absolute Gasteiger partial charge is 0.478 e. The maximum atomic E-state index is 10.9. The number of carboxylic acids is 1. The Bertz CT molecular complexity index is 566. The van der Waals surface area contributed by atoms with Gasteiger partial charge in [0.05, 0.1) is 0 Å². The predicted octanol–water partition coefficient (Wildman–Crippen LogP) is 3.51. The van der Waals surface area contributed by atoms with Crippen LogP contribution in [0.4, 0.5) is 0 Å². The molecule has 2 nitrogen and oxygen atoms in total. The summed E-state index contributed by atoms with van der Waals surface area (Å²) in [4.78, 5) is 10.9. The molecule has 0 aromatic heterocycles. The van der Waals surface area contributed by atoms with Gasteiger partial charge in [-0.1, -0.05) is 60.2 Å². The number of carboxylic acid groups (broad SMARTS) is 1. The van der Waals surface area contributed by atoms with E-state index in [1.807, 2.05) is 61.5 Å². The lowest BCUT2D eigenvalue weighted by molar-refractivity contribution is -0.131. The van der Waals surface area contributed by atoms with Crippen molar-refractivity contribution in [2.45, 2.75) is 6.92 Å². The normalized spacial score (nSPS) is 11.3. The van der Waals surface area contributed by atoms with Gasteiger partial charge in [-0.25, -0.2) is 4.79 Å². The molecular formula is C16H14O2. The average Bonchev–Trinajstić information content (AvgIpc) is 2.38. The minimum atomic E-state index is -0.936. The van der Waals surface area contributed by atoms with Crippen LogP contribution in [0.5, 0.6) is 0 Å². The van der Waals surface area contributed by atoms with Crippen molar-refractivity contribution < 1.29 is 9.90 Å². The fourth-order valence-corrected chi connectivity index (χ4v) is 1.81. The molecule has 2 aromatic carbocycles. The van der Waals surface area contributed by atoms with Crippen molar-refractivity contribution in [1.82, 2.24) is 0 Å². The fraction of sp³-hybridized carbons (Fsp3) is 0.0625. The lowest BCUT2D eigenvalue weighted by Gasteiger charge is -2.07. The van der Waals surface area contributed by atoms with Crippen molar-refractivity contribution in [3.8, 4) is 0 Å². The second kappa shape index (κ2) is 5.32. The number of benzene rings is 2. The van der Waals surface area contributed by atoms with Crippen LogP contribution in [0, 0.1) is 6.92 Å². The van der Waals surface area contributed by atoms with Crippen LogP contribution in [-0.4, -0.2) is 11.1 Å². The Balaban J connectivity index is 2.51. The third-order valence-electron chi connectivity index (χ3n) is 2.72. The van der Waals surface area contributed by atoms with E-state index in [9.17, 15) is 4.79 Å². The van der Waals surface area contributed by atoms with Gasteiger partial charge >= 0.3 is 5.97 Å². The zero-order valence-electron chi connectivity index (χ0n) is 10.1. The summed E-state index contributed by atoms with van der Waals surface area (Å²) in [7, 11) is 0. The third-order valence-corrected chi connectivity index (χ3v) is 2.72. The highest BCUT2D eigenvalue weighted by Gasteiger charge is 2.06. The summed E-state index contributed by atoms with van der Waals surface area (Å²) in [5.41, 5.74) is 3.70. The van der Waals surface area contributed by atoms with Gasteiger partial charge in [0.15, 0.2) is 0 Å². The molecule has 0 spiro atoms. The molecule has 2 aromatic rings. The van der Waals surface area contributed by atoms with Crippen molar-refractivity contribution in [2.75, 3.05) is 0 Å². The summed E-state index contributed by atoms with van der Waals surface area (Å²) in [5, 5.41) is 8.98. The first-order valence-corrected chi connectivity index (χ1v) is 5.74. The minimum absolute atomic E-state index is 0.725. The molecule has 0 atom stereocenters. The Labute approximate surface area is 106 Å². The highest BCUT2D eigenvalue weighted by atomic mass is 16.4. The summed E-state index contributed by atoms with van der Waals surface area (Å²) in [6, 6.07) is 17.4. The van der Waals surface area contributed by atoms with Crippen LogP contribution >= 0.6 is 0 Å². The quantitative estimate of drug-likeness (QED) is 0.831. The maximum Gasteiger partial charge on any atom is 0.328 e. The number of aryl methyl sites for hydroxylation is 1. The fourth-order valence-electron chi connectivity index (χ4n) is 1.81. The maximum absolute atomic E-state index is 10.9. The van der Waals surface area contributed by atoms with E-state index >= 15 is 0 Å². The molecule has 0 amide bonds. The van der Waals surface area contributed by atoms with E-state index in [-0.39, 0.29) is 0 Å². The number of hydrogen-bond acceptors (Lipinski definition) is 1. The number of aliphatic carboxylic acids is 1. The van der Waals surface area contributed by atoms with Crippen LogP contribution in [0.25, 0.3) is 5.57 Å². The van der Waals surface area contributed by atoms with Gasteiger partial charge in [-0.15, -0.1) is 0 Å². The predicted molar refractivity (Wildman–Crippen MR) is 72.3 cm³/mol. The lowest BCUT2D eigenvalue weighted by atomic mass is 9.97. The van der Waals surface area contributed by atoms with Crippen LogP contribution < -0.4 is 0 Å². The molecule has 0 saturated heterocycles. The number of rotatable bonds is 3. The Morgan fingerprint density at radius 1 is 0.944 bits per heavy atom. The molecule has 0 fully saturated rings. The van der Waals surface area contributed by atoms with Gasteiger partial charge in [0.1, 0.15) is 0 Å². The smallest absolute Gasteiger partial charge is 0.328 e. The van der Waals surface area contributed by atoms with E-state index < -0.39 is 5.97 Å². The van der Waals surface area contributed by atoms with Crippen LogP contribution in [0.3, 0.4) is 0 Å². The second-order valence-corrected chi connectivity index (χ2v) is 4.13. The van der Waals surface area contributed by atoms with Crippen molar-refractivity contribution in [2.24, 2.45) is 0 Å². The number of hydrogen-bond donors (Lipinski definition) is 1. The Kier molecular flexibility index (Phi) is 3.58. The van der Waals surface area contributed by atoms with Gasteiger partial charge in [-0.2, -0.15) is 0 Å². The number of carbonyl (C=O) groups is 1. The third kappa shape index (κ3) is 2.86. The van der Waals surface area contributed by atoms with E-state index in [0.717, 1.165) is 22.3 Å². The van der Waals surface area contributed by atoms with E-state index in [2.05, 4.69) is 0 Å². The van der Waals surface area contributed by atoms with Crippen LogP contribution in [0.1, 0.15) is 16.7 Å². The molecule has 0 aliphatic carbocycles. The molecule has 0 aliphatic rings. The molecule has 2 heteroatoms. The molecule has 18 heavy (non-hydrogen) atoms. The van der Waals surface area contributed by atoms with E-state index in [1.165, 1.54) is 6.08 Å². The SMILES string of the molecule is Cc1ccc(C(=CC(=O)O)c2ccccc2)cc1. The van der Waals surface area contributed by atoms with Gasteiger partial charge < -0.3 is 5.11 Å². The topological polar surface area (TPSA) is 37.3 Å². The van der Waals surface area contributed by atoms with Crippen LogP contribution in [0.2, 0.25) is 0 Å². The molecule has 0 radical (unpaired) electrons. The van der Waals surface area contributed by atoms with Gasteiger partial charge in [0, 0.05) is 6.08 Å². The van der Waals surface area contributed by atoms with E-state index in [4.69, 9.17) is 5.11 Å². The molecule has 0 bridgehead atoms. The Hall–Kier alpha value is -2.35. The highest BCUT2D eigenvalue weighted by molar-refractivity contribution is 5.95. The Morgan fingerprint density at radius 3 is 2.06 bits per heavy atom. The van der Waals surface area contributed by atoms with E-state index in [0.29, 0.717) is 0 Å². The second-order valence-electron chi connectivity index (χ2n) is 4.13. The van der Waals surface area contributed by atoms with Crippen molar-refractivity contribution in [1.29, 1.82) is 0 Å². The first-order chi connectivity index (χ1) is 8.66. The van der Waals surface area contributed by atoms with Gasteiger partial charge in [0.25, 0.3) is 0 Å². The molecule has 0 aliphatic heterocycles. The van der Waals surface area contributed by atoms with Crippen molar-refractivity contribution >= 4 is 11.5 Å². The molecule has 0 unspecified atom stereocenters. The minimum Gasteiger partial charge on any atom is -0.478 e. The summed E-state index contributed by atoms with van der Waals surface area (Å²) >= 11 is 0. The highest BCUT2D eigenvalue weighted by Crippen LogP contribution is 2.23. The molecule has 0 heterocycles. The molecule has 0 saturated carbocycles. The van der Waals surface area contributed by atoms with Gasteiger partial charge in [0.2, 0.25) is 0 Å². The zero-order valence-corrected chi connectivity index (χ0v) is 10.1. The molecule has 2 rings (SSSR count). The summed E-state index contributed by atoms with van der Waals surface area (Å²) in [6.45, 7) is 2.01. The van der Waals surface area contributed by atoms with Gasteiger partial charge in [-0.3, -0.25) is 0 Å². The van der Waals surface area contributed by atoms with Crippen molar-refractivity contribution in [3.63, 3.8) is 0 Å². The zero-order chi connectivity index (χ0) is 13.0. The van der Waals surface area contributed by atoms with E-state index in [1.54, 1.807) is 0 Å². The Morgan fingerprint density at radius 2 is 1.50 bits per heavy atom. The van der Waals surface area contributed by atoms with Crippen molar-refractivity contribution in [3.05, 3.63) is 77.4 Å². The van der Waals surface area contributed by atoms with Crippen LogP contribution in [0.15, 0.2) is 60.7 Å². The summed E-state index contributed by atoms with van der Waals surface area (Å²) < 4.78 is 0. The summed E-state index contributed by atoms with van der Waals surface area (Å²) in [6.07, 6.45) is 1.25. The average molecular weight is 238 g/mol. The lowest BCUT2D eigenvalue weighted by Crippen LogP contribution is -1.94. The first-order valence-electron chi connectivity index (χ1n) is 5.74. The van der Waals surface area contributed by atoms with Gasteiger partial charge in [-0.05, 0) is 23.6 Å². The molecule has 90 valence electrons. The van der Waals surface area contributed by atoms with Crippen LogP contribution in [-0.2, 0) is 4.79 Å². The first kappa shape index (κ1) is 12.1. The monoisotopic (exact) mass is 238 g/mol. The summed E-state index contributed by atoms with van der Waals surface area (Å²) in [5.74, 6) is -0.936. The molecule has 1 N–H and O–H groups in total.